The lowest BCUT2D eigenvalue weighted by Crippen LogP contribution is -2.42. The second-order valence-corrected chi connectivity index (χ2v) is 13.7. The Bertz CT molecular complexity index is 1850. The fraction of sp³-hybridized carbons (Fsp3) is 0.250. The highest BCUT2D eigenvalue weighted by Gasteiger charge is 2.21. The van der Waals surface area contributed by atoms with E-state index in [2.05, 4.69) is 38.1 Å². The maximum Gasteiger partial charge on any atom is 0.261 e. The van der Waals surface area contributed by atoms with E-state index in [-0.39, 0.29) is 34.5 Å². The van der Waals surface area contributed by atoms with Crippen LogP contribution in [0.3, 0.4) is 0 Å². The second kappa shape index (κ2) is 13.2. The number of carbonyl (C=O) groups excluding carboxylic acids is 1. The number of nitrogens with one attached hydrogen (secondary N) is 3. The number of aliphatic hydroxyl groups excluding tert-OH is 1. The van der Waals surface area contributed by atoms with Gasteiger partial charge in [0.2, 0.25) is 0 Å². The fourth-order valence-electron chi connectivity index (χ4n) is 4.80. The average Bonchev–Trinajstić information content (AvgIpc) is 3.63. The first-order valence-electron chi connectivity index (χ1n) is 14.1. The molecule has 0 bridgehead atoms. The number of benzene rings is 3. The number of rotatable bonds is 13. The molecule has 0 aliphatic heterocycles. The van der Waals surface area contributed by atoms with Gasteiger partial charge >= 0.3 is 0 Å². The second-order valence-electron chi connectivity index (χ2n) is 11.2. The third-order valence-corrected chi connectivity index (χ3v) is 9.37. The number of hydrogen-bond acceptors (Lipinski definition) is 8. The van der Waals surface area contributed by atoms with E-state index in [0.717, 1.165) is 35.4 Å². The molecule has 1 amide bonds. The minimum Gasteiger partial charge on any atom is -0.498 e. The number of β-amino-alcohol motifs (C(OH)–C–C–N with tert-alkyl or cyclic N) is 1. The molecule has 3 aromatic carbocycles. The minimum absolute atomic E-state index is 0.114. The van der Waals surface area contributed by atoms with E-state index >= 15 is 0 Å². The molecule has 10 nitrogen and oxygen atoms in total. The van der Waals surface area contributed by atoms with Gasteiger partial charge in [-0.1, -0.05) is 30.3 Å². The van der Waals surface area contributed by atoms with Gasteiger partial charge in [0, 0.05) is 64.6 Å². The molecule has 0 radical (unpaired) electrons. The number of aliphatic hydroxyl groups is 1. The topological polar surface area (TPSA) is 146 Å². The highest BCUT2D eigenvalue weighted by Crippen LogP contribution is 2.23. The summed E-state index contributed by atoms with van der Waals surface area (Å²) in [5.41, 5.74) is 2.83. The number of anilines is 1. The molecule has 5 N–H and O–H groups in total. The fourth-order valence-corrected chi connectivity index (χ4v) is 6.38. The Balaban J connectivity index is 1.14. The number of aryl methyl sites for hydroxylation is 1. The molecular formula is C32H35N5O5S2. The van der Waals surface area contributed by atoms with Crippen molar-refractivity contribution in [3.63, 3.8) is 0 Å². The third kappa shape index (κ3) is 7.83. The maximum atomic E-state index is 12.7. The van der Waals surface area contributed by atoms with Crippen molar-refractivity contribution in [1.82, 2.24) is 19.6 Å². The number of nitrogens with zero attached hydrogens (tertiary/aromatic N) is 2. The molecule has 0 aliphatic carbocycles. The number of sulfonamides is 1. The molecular weight excluding hydrogens is 599 g/mol. The van der Waals surface area contributed by atoms with Gasteiger partial charge in [-0.25, -0.2) is 8.42 Å². The van der Waals surface area contributed by atoms with E-state index in [1.807, 2.05) is 24.4 Å². The first-order valence-corrected chi connectivity index (χ1v) is 16.4. The van der Waals surface area contributed by atoms with Crippen LogP contribution < -0.4 is 15.4 Å². The Morgan fingerprint density at radius 1 is 1.02 bits per heavy atom. The van der Waals surface area contributed by atoms with Crippen LogP contribution in [0.15, 0.2) is 96.0 Å². The summed E-state index contributed by atoms with van der Waals surface area (Å²) in [5.74, 6) is -0.213. The highest BCUT2D eigenvalue weighted by atomic mass is 32.2. The van der Waals surface area contributed by atoms with Gasteiger partial charge in [0.25, 0.3) is 15.9 Å². The van der Waals surface area contributed by atoms with Crippen LogP contribution in [0.4, 0.5) is 5.69 Å². The molecule has 0 saturated carbocycles. The number of fused-ring (bicyclic) bond motifs is 1. The van der Waals surface area contributed by atoms with Crippen LogP contribution in [-0.4, -0.2) is 45.6 Å². The van der Waals surface area contributed by atoms with E-state index in [1.165, 1.54) is 18.2 Å². The molecule has 1 atom stereocenters. The lowest BCUT2D eigenvalue weighted by molar-refractivity contribution is 0.0950. The van der Waals surface area contributed by atoms with E-state index < -0.39 is 16.1 Å². The van der Waals surface area contributed by atoms with Crippen LogP contribution in [0.25, 0.3) is 10.9 Å². The molecule has 2 aromatic heterocycles. The Labute approximate surface area is 260 Å². The van der Waals surface area contributed by atoms with Crippen molar-refractivity contribution in [2.24, 2.45) is 0 Å². The Hall–Kier alpha value is -4.23. The summed E-state index contributed by atoms with van der Waals surface area (Å²) in [6.07, 6.45) is 1.93. The molecule has 0 unspecified atom stereocenters. The van der Waals surface area contributed by atoms with E-state index in [1.54, 1.807) is 48.5 Å². The monoisotopic (exact) mass is 633 g/mol. The summed E-state index contributed by atoms with van der Waals surface area (Å²) in [5, 5.41) is 27.7. The lowest BCUT2D eigenvalue weighted by Gasteiger charge is -2.28. The van der Waals surface area contributed by atoms with Crippen LogP contribution in [0.1, 0.15) is 48.0 Å². The summed E-state index contributed by atoms with van der Waals surface area (Å²) in [6, 6.07) is 24.0. The third-order valence-electron chi connectivity index (χ3n) is 7.34. The van der Waals surface area contributed by atoms with E-state index in [9.17, 15) is 23.4 Å². The molecule has 0 spiro atoms. The Morgan fingerprint density at radius 2 is 1.82 bits per heavy atom. The molecule has 12 heteroatoms. The van der Waals surface area contributed by atoms with Gasteiger partial charge in [-0.05, 0) is 74.4 Å². The molecule has 5 aromatic rings. The summed E-state index contributed by atoms with van der Waals surface area (Å²) < 4.78 is 34.2. The molecule has 0 saturated heterocycles. The maximum absolute atomic E-state index is 12.7. The summed E-state index contributed by atoms with van der Waals surface area (Å²) >= 11 is 0.981. The first kappa shape index (κ1) is 31.2. The van der Waals surface area contributed by atoms with Gasteiger partial charge in [-0.3, -0.25) is 9.52 Å². The van der Waals surface area contributed by atoms with Crippen molar-refractivity contribution >= 4 is 44.1 Å². The van der Waals surface area contributed by atoms with Crippen molar-refractivity contribution in [3.05, 3.63) is 108 Å². The number of aromatic hydroxyl groups is 1. The predicted molar refractivity (Wildman–Crippen MR) is 172 cm³/mol. The first-order chi connectivity index (χ1) is 21.0. The quantitative estimate of drug-likeness (QED) is 0.122. The van der Waals surface area contributed by atoms with Crippen LogP contribution in [0, 0.1) is 0 Å². The van der Waals surface area contributed by atoms with Gasteiger partial charge in [-0.15, -0.1) is 0 Å². The highest BCUT2D eigenvalue weighted by molar-refractivity contribution is 7.92. The minimum atomic E-state index is -3.73. The number of carbonyl (C=O) groups is 1. The van der Waals surface area contributed by atoms with Crippen LogP contribution >= 0.6 is 11.5 Å². The average molecular weight is 634 g/mol. The van der Waals surface area contributed by atoms with Gasteiger partial charge in [0.15, 0.2) is 5.06 Å². The normalized spacial score (nSPS) is 12.7. The van der Waals surface area contributed by atoms with Crippen molar-refractivity contribution in [3.8, 4) is 5.06 Å². The molecule has 0 aliphatic rings. The molecule has 0 fully saturated rings. The van der Waals surface area contributed by atoms with Gasteiger partial charge in [0.1, 0.15) is 0 Å². The SMILES string of the molecule is CC(C)(CCn1ccc2cc(C(=O)NCc3cc(O)sn3)ccc21)NC[C@H](O)c1cccc(NS(=O)(=O)c2ccccc2)c1. The van der Waals surface area contributed by atoms with Crippen molar-refractivity contribution in [2.75, 3.05) is 11.3 Å². The van der Waals surface area contributed by atoms with E-state index in [4.69, 9.17) is 0 Å². The number of amides is 1. The smallest absolute Gasteiger partial charge is 0.261 e. The predicted octanol–water partition coefficient (Wildman–Crippen LogP) is 5.03. The van der Waals surface area contributed by atoms with Gasteiger partial charge in [-0.2, -0.15) is 4.37 Å². The summed E-state index contributed by atoms with van der Waals surface area (Å²) in [6.45, 7) is 5.38. The summed E-state index contributed by atoms with van der Waals surface area (Å²) in [7, 11) is -3.73. The molecule has 44 heavy (non-hydrogen) atoms. The zero-order chi connectivity index (χ0) is 31.3. The Kier molecular flexibility index (Phi) is 9.35. The number of aromatic nitrogens is 2. The van der Waals surface area contributed by atoms with Gasteiger partial charge in [0.05, 0.1) is 23.2 Å². The van der Waals surface area contributed by atoms with Crippen molar-refractivity contribution in [2.45, 2.75) is 49.9 Å². The summed E-state index contributed by atoms with van der Waals surface area (Å²) in [4.78, 5) is 12.8. The van der Waals surface area contributed by atoms with Gasteiger partial charge < -0.3 is 25.4 Å². The Morgan fingerprint density at radius 3 is 2.57 bits per heavy atom. The van der Waals surface area contributed by atoms with Crippen molar-refractivity contribution < 1.29 is 23.4 Å². The van der Waals surface area contributed by atoms with Crippen LogP contribution in [0.2, 0.25) is 0 Å². The van der Waals surface area contributed by atoms with Crippen molar-refractivity contribution in [1.29, 1.82) is 0 Å². The molecule has 2 heterocycles. The van der Waals surface area contributed by atoms with Crippen LogP contribution in [0.5, 0.6) is 5.06 Å². The molecule has 5 rings (SSSR count). The standard InChI is InChI=1S/C32H35N5O5S2/c1-32(2,34-21-29(38)23-7-6-8-25(18-23)36-44(41,42)27-9-4-3-5-10-27)14-16-37-15-13-22-17-24(11-12-28(22)37)31(40)33-20-26-19-30(39)43-35-26/h3-13,15,17-19,29,34,36,38-39H,14,16,20-21H2,1-2H3,(H,33,40)/t29-/m0/s1. The number of hydrogen-bond donors (Lipinski definition) is 5. The van der Waals surface area contributed by atoms with Crippen LogP contribution in [-0.2, 0) is 23.1 Å². The lowest BCUT2D eigenvalue weighted by atomic mass is 9.99. The van der Waals surface area contributed by atoms with E-state index in [0.29, 0.717) is 22.5 Å². The molecule has 230 valence electrons. The zero-order valence-electron chi connectivity index (χ0n) is 24.4. The zero-order valence-corrected chi connectivity index (χ0v) is 26.0. The largest absolute Gasteiger partial charge is 0.498 e.